The third kappa shape index (κ3) is 3.47. The zero-order chi connectivity index (χ0) is 14.5. The Balaban J connectivity index is 1.98. The van der Waals surface area contributed by atoms with Gasteiger partial charge in [0, 0.05) is 25.3 Å². The second kappa shape index (κ2) is 6.38. The maximum absolute atomic E-state index is 13.4. The first-order valence-electron chi connectivity index (χ1n) is 5.98. The Hall–Kier alpha value is -2.09. The molecule has 2 aromatic rings. The maximum atomic E-state index is 13.4. The van der Waals surface area contributed by atoms with Crippen molar-refractivity contribution in [3.8, 4) is 0 Å². The van der Waals surface area contributed by atoms with Gasteiger partial charge in [-0.3, -0.25) is 4.68 Å². The van der Waals surface area contributed by atoms with Crippen LogP contribution in [-0.2, 0) is 13.1 Å². The van der Waals surface area contributed by atoms with Crippen LogP contribution in [0.3, 0.4) is 0 Å². The van der Waals surface area contributed by atoms with Crippen molar-refractivity contribution in [3.05, 3.63) is 41.5 Å². The highest BCUT2D eigenvalue weighted by Gasteiger charge is 2.10. The average molecular weight is 286 g/mol. The third-order valence-corrected chi connectivity index (χ3v) is 2.60. The number of benzene rings is 1. The number of aliphatic hydroxyl groups is 1. The van der Waals surface area contributed by atoms with Gasteiger partial charge in [-0.1, -0.05) is 5.21 Å². The lowest BCUT2D eigenvalue weighted by Crippen LogP contribution is -2.03. The quantitative estimate of drug-likeness (QED) is 0.793. The predicted molar refractivity (Wildman–Crippen MR) is 65.4 cm³/mol. The van der Waals surface area contributed by atoms with E-state index in [-0.39, 0.29) is 18.8 Å². The van der Waals surface area contributed by atoms with Crippen LogP contribution in [0.5, 0.6) is 0 Å². The van der Waals surface area contributed by atoms with E-state index >= 15 is 0 Å². The van der Waals surface area contributed by atoms with Crippen molar-refractivity contribution in [3.63, 3.8) is 0 Å². The molecule has 1 heterocycles. The highest BCUT2D eigenvalue weighted by molar-refractivity contribution is 5.45. The van der Waals surface area contributed by atoms with E-state index in [1.54, 1.807) is 6.20 Å². The molecule has 0 unspecified atom stereocenters. The molecule has 0 saturated heterocycles. The van der Waals surface area contributed by atoms with Crippen LogP contribution in [0.4, 0.5) is 18.9 Å². The second-order valence-electron chi connectivity index (χ2n) is 4.15. The number of halogens is 3. The van der Waals surface area contributed by atoms with Crippen molar-refractivity contribution < 1.29 is 18.3 Å². The van der Waals surface area contributed by atoms with E-state index in [0.717, 1.165) is 6.07 Å². The van der Waals surface area contributed by atoms with E-state index < -0.39 is 17.5 Å². The largest absolute Gasteiger partial charge is 0.396 e. The second-order valence-corrected chi connectivity index (χ2v) is 4.15. The number of hydrogen-bond donors (Lipinski definition) is 2. The van der Waals surface area contributed by atoms with Crippen LogP contribution in [0.15, 0.2) is 18.3 Å². The van der Waals surface area contributed by atoms with Crippen LogP contribution in [0.25, 0.3) is 0 Å². The van der Waals surface area contributed by atoms with Crippen molar-refractivity contribution in [2.45, 2.75) is 19.5 Å². The minimum Gasteiger partial charge on any atom is -0.396 e. The lowest BCUT2D eigenvalue weighted by molar-refractivity contribution is 0.276. The molecule has 1 aromatic heterocycles. The topological polar surface area (TPSA) is 63.0 Å². The van der Waals surface area contributed by atoms with E-state index in [9.17, 15) is 13.2 Å². The van der Waals surface area contributed by atoms with Crippen molar-refractivity contribution in [1.82, 2.24) is 15.0 Å². The van der Waals surface area contributed by atoms with Gasteiger partial charge in [0.2, 0.25) is 0 Å². The predicted octanol–water partition coefficient (Wildman–Crippen LogP) is 1.69. The molecule has 0 aliphatic carbocycles. The van der Waals surface area contributed by atoms with Gasteiger partial charge in [0.1, 0.15) is 11.5 Å². The van der Waals surface area contributed by atoms with Gasteiger partial charge in [0.15, 0.2) is 11.6 Å². The van der Waals surface area contributed by atoms with Gasteiger partial charge < -0.3 is 10.4 Å². The molecule has 5 nitrogen and oxygen atoms in total. The molecule has 0 fully saturated rings. The van der Waals surface area contributed by atoms with Gasteiger partial charge in [0.05, 0.1) is 18.4 Å². The highest BCUT2D eigenvalue weighted by Crippen LogP contribution is 2.18. The van der Waals surface area contributed by atoms with Crippen LogP contribution >= 0.6 is 0 Å². The van der Waals surface area contributed by atoms with E-state index in [4.69, 9.17) is 5.11 Å². The molecule has 20 heavy (non-hydrogen) atoms. The average Bonchev–Trinajstić information content (AvgIpc) is 2.87. The molecular formula is C12H13F3N4O. The fourth-order valence-electron chi connectivity index (χ4n) is 1.61. The number of aryl methyl sites for hydroxylation is 1. The van der Waals surface area contributed by atoms with Crippen LogP contribution in [-0.4, -0.2) is 26.7 Å². The summed E-state index contributed by atoms with van der Waals surface area (Å²) in [5, 5.41) is 18.9. The summed E-state index contributed by atoms with van der Waals surface area (Å²) in [6, 6.07) is 1.23. The molecule has 1 aromatic carbocycles. The van der Waals surface area contributed by atoms with Crippen molar-refractivity contribution >= 4 is 5.69 Å². The van der Waals surface area contributed by atoms with Gasteiger partial charge in [-0.05, 0) is 6.42 Å². The summed E-state index contributed by atoms with van der Waals surface area (Å²) in [6.45, 7) is 0.692. The van der Waals surface area contributed by atoms with Crippen LogP contribution in [0, 0.1) is 17.5 Å². The number of aromatic nitrogens is 3. The normalized spacial score (nSPS) is 10.8. The van der Waals surface area contributed by atoms with Crippen molar-refractivity contribution in [1.29, 1.82) is 0 Å². The molecule has 0 atom stereocenters. The van der Waals surface area contributed by atoms with Crippen LogP contribution in [0.2, 0.25) is 0 Å². The lowest BCUT2D eigenvalue weighted by atomic mass is 10.2. The van der Waals surface area contributed by atoms with Gasteiger partial charge in [-0.2, -0.15) is 0 Å². The number of aliphatic hydroxyl groups excluding tert-OH is 1. The fourth-order valence-corrected chi connectivity index (χ4v) is 1.61. The van der Waals surface area contributed by atoms with Crippen molar-refractivity contribution in [2.75, 3.05) is 11.9 Å². The number of rotatable bonds is 6. The molecule has 0 bridgehead atoms. The summed E-state index contributed by atoms with van der Waals surface area (Å²) < 4.78 is 40.6. The Labute approximate surface area is 113 Å². The Kier molecular flexibility index (Phi) is 4.57. The summed E-state index contributed by atoms with van der Waals surface area (Å²) in [5.41, 5.74) is 0.376. The first-order chi connectivity index (χ1) is 9.60. The van der Waals surface area contributed by atoms with Gasteiger partial charge in [-0.25, -0.2) is 13.2 Å². The number of hydrogen-bond acceptors (Lipinski definition) is 4. The zero-order valence-electron chi connectivity index (χ0n) is 10.5. The minimum absolute atomic E-state index is 0.0491. The Bertz CT molecular complexity index is 588. The van der Waals surface area contributed by atoms with E-state index in [1.165, 1.54) is 4.68 Å². The van der Waals surface area contributed by atoms with E-state index in [1.807, 2.05) is 0 Å². The molecule has 0 saturated carbocycles. The number of anilines is 1. The molecule has 0 radical (unpaired) electrons. The van der Waals surface area contributed by atoms with Crippen LogP contribution in [0.1, 0.15) is 12.1 Å². The number of nitrogens with one attached hydrogen (secondary N) is 1. The SMILES string of the molecule is OCCCn1cc(CNc2cc(F)c(F)cc2F)nn1. The smallest absolute Gasteiger partial charge is 0.161 e. The third-order valence-electron chi connectivity index (χ3n) is 2.60. The molecule has 108 valence electrons. The Morgan fingerprint density at radius 3 is 2.65 bits per heavy atom. The van der Waals surface area contributed by atoms with E-state index in [0.29, 0.717) is 24.7 Å². The zero-order valence-corrected chi connectivity index (χ0v) is 10.5. The summed E-state index contributed by atoms with van der Waals surface area (Å²) in [6.07, 6.45) is 2.18. The summed E-state index contributed by atoms with van der Waals surface area (Å²) in [5.74, 6) is -3.24. The molecule has 0 aliphatic heterocycles. The van der Waals surface area contributed by atoms with Gasteiger partial charge >= 0.3 is 0 Å². The first kappa shape index (κ1) is 14.3. The molecular weight excluding hydrogens is 273 g/mol. The summed E-state index contributed by atoms with van der Waals surface area (Å²) in [4.78, 5) is 0. The minimum atomic E-state index is -1.23. The molecule has 0 amide bonds. The summed E-state index contributed by atoms with van der Waals surface area (Å²) in [7, 11) is 0. The van der Waals surface area contributed by atoms with Gasteiger partial charge in [0.25, 0.3) is 0 Å². The molecule has 0 spiro atoms. The lowest BCUT2D eigenvalue weighted by Gasteiger charge is -2.06. The number of nitrogens with zero attached hydrogens (tertiary/aromatic N) is 3. The molecule has 8 heteroatoms. The van der Waals surface area contributed by atoms with Crippen LogP contribution < -0.4 is 5.32 Å². The van der Waals surface area contributed by atoms with E-state index in [2.05, 4.69) is 15.6 Å². The molecule has 2 rings (SSSR count). The van der Waals surface area contributed by atoms with Gasteiger partial charge in [-0.15, -0.1) is 5.10 Å². The summed E-state index contributed by atoms with van der Waals surface area (Å²) >= 11 is 0. The molecule has 2 N–H and O–H groups in total. The first-order valence-corrected chi connectivity index (χ1v) is 5.98. The highest BCUT2D eigenvalue weighted by atomic mass is 19.2. The maximum Gasteiger partial charge on any atom is 0.161 e. The van der Waals surface area contributed by atoms with Crippen molar-refractivity contribution in [2.24, 2.45) is 0 Å². The fraction of sp³-hybridized carbons (Fsp3) is 0.333. The monoisotopic (exact) mass is 286 g/mol. The Morgan fingerprint density at radius 1 is 1.15 bits per heavy atom. The Morgan fingerprint density at radius 2 is 1.90 bits per heavy atom. The molecule has 0 aliphatic rings. The standard InChI is InChI=1S/C12H13F3N4O/c13-9-4-11(15)12(5-10(9)14)16-6-8-7-19(18-17-8)2-1-3-20/h4-5,7,16,20H,1-3,6H2.